The van der Waals surface area contributed by atoms with E-state index in [1.165, 1.54) is 5.39 Å². The van der Waals surface area contributed by atoms with Gasteiger partial charge in [0.15, 0.2) is 0 Å². The van der Waals surface area contributed by atoms with Gasteiger partial charge in [0.1, 0.15) is 11.2 Å². The second-order valence-corrected chi connectivity index (χ2v) is 5.69. The standard InChI is InChI=1S/C19H20N4/c1-4-23-18-8-6-5-7-15(18)9-10-19(23)22-21-17-12-13(2)16(20)11-14(17)3/h5-12,20H,4H2,1-3H3/p+1. The van der Waals surface area contributed by atoms with Crippen LogP contribution in [0.3, 0.4) is 0 Å². The van der Waals surface area contributed by atoms with Crippen molar-refractivity contribution < 1.29 is 4.57 Å². The highest BCUT2D eigenvalue weighted by Crippen LogP contribution is 2.26. The molecule has 4 heteroatoms. The van der Waals surface area contributed by atoms with E-state index in [2.05, 4.69) is 39.9 Å². The number of aromatic nitrogens is 1. The number of aryl methyl sites for hydroxylation is 3. The van der Waals surface area contributed by atoms with Gasteiger partial charge in [-0.05, 0) is 61.3 Å². The number of pyridine rings is 1. The van der Waals surface area contributed by atoms with E-state index < -0.39 is 0 Å². The van der Waals surface area contributed by atoms with Gasteiger partial charge in [-0.2, -0.15) is 0 Å². The Hall–Kier alpha value is -2.75. The second kappa shape index (κ2) is 6.16. The van der Waals surface area contributed by atoms with Crippen molar-refractivity contribution in [3.05, 3.63) is 59.7 Å². The van der Waals surface area contributed by atoms with E-state index in [1.54, 1.807) is 0 Å². The summed E-state index contributed by atoms with van der Waals surface area (Å²) >= 11 is 0. The van der Waals surface area contributed by atoms with E-state index >= 15 is 0 Å². The lowest BCUT2D eigenvalue weighted by Gasteiger charge is -2.04. The third kappa shape index (κ3) is 2.93. The van der Waals surface area contributed by atoms with E-state index in [-0.39, 0.29) is 0 Å². The zero-order valence-corrected chi connectivity index (χ0v) is 13.7. The van der Waals surface area contributed by atoms with Crippen molar-refractivity contribution in [2.45, 2.75) is 27.3 Å². The van der Waals surface area contributed by atoms with Gasteiger partial charge in [-0.25, -0.2) is 4.57 Å². The van der Waals surface area contributed by atoms with Crippen molar-refractivity contribution in [2.75, 3.05) is 5.73 Å². The third-order valence-corrected chi connectivity index (χ3v) is 4.08. The Morgan fingerprint density at radius 3 is 2.52 bits per heavy atom. The maximum absolute atomic E-state index is 5.93. The predicted octanol–water partition coefficient (Wildman–Crippen LogP) is 4.76. The number of anilines is 1. The van der Waals surface area contributed by atoms with Gasteiger partial charge in [0, 0.05) is 17.1 Å². The highest BCUT2D eigenvalue weighted by molar-refractivity contribution is 5.76. The highest BCUT2D eigenvalue weighted by Gasteiger charge is 2.13. The van der Waals surface area contributed by atoms with E-state index in [0.717, 1.165) is 40.4 Å². The van der Waals surface area contributed by atoms with Crippen LogP contribution >= 0.6 is 0 Å². The van der Waals surface area contributed by atoms with Crippen molar-refractivity contribution in [2.24, 2.45) is 10.2 Å². The second-order valence-electron chi connectivity index (χ2n) is 5.69. The van der Waals surface area contributed by atoms with Gasteiger partial charge in [0.05, 0.1) is 11.7 Å². The quantitative estimate of drug-likeness (QED) is 0.423. The highest BCUT2D eigenvalue weighted by atomic mass is 15.2. The summed E-state index contributed by atoms with van der Waals surface area (Å²) in [5.74, 6) is 0.847. The van der Waals surface area contributed by atoms with Crippen LogP contribution in [0.15, 0.2) is 58.8 Å². The summed E-state index contributed by atoms with van der Waals surface area (Å²) in [6.45, 7) is 6.94. The monoisotopic (exact) mass is 305 g/mol. The largest absolute Gasteiger partial charge is 0.399 e. The number of azo groups is 1. The molecule has 0 saturated heterocycles. The Labute approximate surface area is 136 Å². The first-order chi connectivity index (χ1) is 11.1. The first-order valence-corrected chi connectivity index (χ1v) is 7.80. The molecule has 0 bridgehead atoms. The Kier molecular flexibility index (Phi) is 4.06. The van der Waals surface area contributed by atoms with E-state index in [0.29, 0.717) is 0 Å². The van der Waals surface area contributed by atoms with Gasteiger partial charge < -0.3 is 5.73 Å². The van der Waals surface area contributed by atoms with E-state index in [9.17, 15) is 0 Å². The lowest BCUT2D eigenvalue weighted by atomic mass is 10.1. The van der Waals surface area contributed by atoms with Crippen LogP contribution in [-0.2, 0) is 6.54 Å². The molecule has 2 aromatic carbocycles. The topological polar surface area (TPSA) is 54.6 Å². The first-order valence-electron chi connectivity index (χ1n) is 7.80. The average Bonchev–Trinajstić information content (AvgIpc) is 2.56. The molecule has 0 fully saturated rings. The van der Waals surface area contributed by atoms with Crippen molar-refractivity contribution in [3.8, 4) is 0 Å². The van der Waals surface area contributed by atoms with Crippen molar-refractivity contribution >= 4 is 28.1 Å². The molecule has 2 N–H and O–H groups in total. The maximum atomic E-state index is 5.93. The Bertz CT molecular complexity index is 897. The molecule has 0 amide bonds. The summed E-state index contributed by atoms with van der Waals surface area (Å²) in [6, 6.07) is 16.3. The van der Waals surface area contributed by atoms with Gasteiger partial charge in [0.2, 0.25) is 0 Å². The van der Waals surface area contributed by atoms with Gasteiger partial charge in [-0.1, -0.05) is 18.2 Å². The molecule has 0 saturated carbocycles. The van der Waals surface area contributed by atoms with Crippen LogP contribution in [0.4, 0.5) is 17.2 Å². The lowest BCUT2D eigenvalue weighted by Crippen LogP contribution is -2.33. The van der Waals surface area contributed by atoms with Crippen molar-refractivity contribution in [1.29, 1.82) is 0 Å². The fraction of sp³-hybridized carbons (Fsp3) is 0.211. The van der Waals surface area contributed by atoms with Crippen LogP contribution in [0.25, 0.3) is 10.9 Å². The maximum Gasteiger partial charge on any atom is 0.351 e. The Morgan fingerprint density at radius 2 is 1.74 bits per heavy atom. The molecule has 0 aliphatic heterocycles. The fourth-order valence-corrected chi connectivity index (χ4v) is 2.71. The molecule has 3 rings (SSSR count). The fourth-order valence-electron chi connectivity index (χ4n) is 2.71. The van der Waals surface area contributed by atoms with Crippen LogP contribution in [-0.4, -0.2) is 0 Å². The summed E-state index contributed by atoms with van der Waals surface area (Å²) in [7, 11) is 0. The molecule has 4 nitrogen and oxygen atoms in total. The zero-order valence-electron chi connectivity index (χ0n) is 13.7. The van der Waals surface area contributed by atoms with Crippen LogP contribution in [0.2, 0.25) is 0 Å². The van der Waals surface area contributed by atoms with E-state index in [1.807, 2.05) is 44.2 Å². The summed E-state index contributed by atoms with van der Waals surface area (Å²) in [5.41, 5.74) is 10.8. The summed E-state index contributed by atoms with van der Waals surface area (Å²) < 4.78 is 2.17. The molecule has 1 aromatic heterocycles. The van der Waals surface area contributed by atoms with Crippen LogP contribution in [0, 0.1) is 13.8 Å². The molecule has 23 heavy (non-hydrogen) atoms. The molecule has 0 aliphatic carbocycles. The molecule has 0 atom stereocenters. The minimum atomic E-state index is 0.788. The lowest BCUT2D eigenvalue weighted by molar-refractivity contribution is -0.655. The normalized spacial score (nSPS) is 11.4. The summed E-state index contributed by atoms with van der Waals surface area (Å²) in [5, 5.41) is 10.1. The van der Waals surface area contributed by atoms with Gasteiger partial charge in [0.25, 0.3) is 0 Å². The van der Waals surface area contributed by atoms with Gasteiger partial charge >= 0.3 is 5.82 Å². The Balaban J connectivity index is 2.06. The summed E-state index contributed by atoms with van der Waals surface area (Å²) in [4.78, 5) is 0. The van der Waals surface area contributed by atoms with Gasteiger partial charge in [-0.3, -0.25) is 0 Å². The third-order valence-electron chi connectivity index (χ3n) is 4.08. The first kappa shape index (κ1) is 15.2. The number of hydrogen-bond acceptors (Lipinski definition) is 3. The molecular weight excluding hydrogens is 284 g/mol. The molecule has 0 unspecified atom stereocenters. The number of fused-ring (bicyclic) bond motifs is 1. The number of nitrogen functional groups attached to an aromatic ring is 1. The summed E-state index contributed by atoms with van der Waals surface area (Å²) in [6.07, 6.45) is 0. The number of rotatable bonds is 3. The van der Waals surface area contributed by atoms with Crippen LogP contribution in [0.1, 0.15) is 18.1 Å². The number of nitrogens with two attached hydrogens (primary N) is 1. The Morgan fingerprint density at radius 1 is 0.957 bits per heavy atom. The minimum Gasteiger partial charge on any atom is -0.399 e. The number of para-hydroxylation sites is 1. The molecule has 1 heterocycles. The van der Waals surface area contributed by atoms with E-state index in [4.69, 9.17) is 5.73 Å². The van der Waals surface area contributed by atoms with Crippen LogP contribution < -0.4 is 10.3 Å². The molecule has 116 valence electrons. The van der Waals surface area contributed by atoms with Crippen LogP contribution in [0.5, 0.6) is 0 Å². The molecule has 3 aromatic rings. The smallest absolute Gasteiger partial charge is 0.351 e. The van der Waals surface area contributed by atoms with Crippen molar-refractivity contribution in [1.82, 2.24) is 0 Å². The van der Waals surface area contributed by atoms with Gasteiger partial charge in [-0.15, -0.1) is 0 Å². The number of hydrogen-bond donors (Lipinski definition) is 1. The molecule has 0 spiro atoms. The van der Waals surface area contributed by atoms with Crippen molar-refractivity contribution in [3.63, 3.8) is 0 Å². The average molecular weight is 305 g/mol. The predicted molar refractivity (Wildman–Crippen MR) is 94.3 cm³/mol. The number of benzene rings is 2. The SMILES string of the molecule is CC[n+]1c(N=Nc2cc(C)c(N)cc2C)ccc2ccccc21. The number of nitrogens with zero attached hydrogens (tertiary/aromatic N) is 3. The molecule has 0 aliphatic rings. The minimum absolute atomic E-state index is 0.788. The zero-order chi connectivity index (χ0) is 16.4. The molecule has 0 radical (unpaired) electrons. The molecular formula is C19H21N4+.